The van der Waals surface area contributed by atoms with E-state index in [1.165, 1.54) is 25.7 Å². The number of carbonyl (C=O) groups excluding carboxylic acids is 1. The molecule has 2 aliphatic carbocycles. The van der Waals surface area contributed by atoms with Gasteiger partial charge in [0.1, 0.15) is 0 Å². The highest BCUT2D eigenvalue weighted by Crippen LogP contribution is 2.44. The number of amides is 1. The van der Waals surface area contributed by atoms with Crippen molar-refractivity contribution in [1.82, 2.24) is 5.32 Å². The Morgan fingerprint density at radius 1 is 1.33 bits per heavy atom. The van der Waals surface area contributed by atoms with Crippen LogP contribution in [0.2, 0.25) is 0 Å². The SMILES string of the molecule is CC1CC1CC(CCC1CC1)C(=O)NC(C)(C)C. The van der Waals surface area contributed by atoms with Crippen LogP contribution in [0.15, 0.2) is 0 Å². The van der Waals surface area contributed by atoms with Crippen molar-refractivity contribution in [2.24, 2.45) is 23.7 Å². The summed E-state index contributed by atoms with van der Waals surface area (Å²) in [5, 5.41) is 3.17. The molecule has 2 nitrogen and oxygen atoms in total. The van der Waals surface area contributed by atoms with Crippen LogP contribution in [0, 0.1) is 23.7 Å². The number of carbonyl (C=O) groups is 1. The van der Waals surface area contributed by atoms with E-state index in [9.17, 15) is 4.79 Å². The molecule has 1 N–H and O–H groups in total. The standard InChI is InChI=1S/C16H29NO/c1-11-9-14(11)10-13(8-7-12-5-6-12)15(18)17-16(2,3)4/h11-14H,5-10H2,1-4H3,(H,17,18). The first-order chi connectivity index (χ1) is 8.35. The fourth-order valence-electron chi connectivity index (χ4n) is 2.76. The van der Waals surface area contributed by atoms with Gasteiger partial charge in [0.2, 0.25) is 5.91 Å². The van der Waals surface area contributed by atoms with Gasteiger partial charge in [0.15, 0.2) is 0 Å². The zero-order valence-electron chi connectivity index (χ0n) is 12.5. The zero-order chi connectivity index (χ0) is 13.3. The summed E-state index contributed by atoms with van der Waals surface area (Å²) in [6, 6.07) is 0. The highest BCUT2D eigenvalue weighted by Gasteiger charge is 2.37. The third kappa shape index (κ3) is 4.62. The Morgan fingerprint density at radius 2 is 1.94 bits per heavy atom. The number of rotatable bonds is 6. The van der Waals surface area contributed by atoms with E-state index in [1.54, 1.807) is 0 Å². The van der Waals surface area contributed by atoms with Gasteiger partial charge in [-0.25, -0.2) is 0 Å². The van der Waals surface area contributed by atoms with Crippen molar-refractivity contribution < 1.29 is 4.79 Å². The molecule has 0 spiro atoms. The molecule has 18 heavy (non-hydrogen) atoms. The molecule has 0 aromatic carbocycles. The molecule has 2 saturated carbocycles. The molecule has 2 rings (SSSR count). The molecule has 2 fully saturated rings. The van der Waals surface area contributed by atoms with E-state index in [0.29, 0.717) is 5.91 Å². The quantitative estimate of drug-likeness (QED) is 0.765. The van der Waals surface area contributed by atoms with Crippen LogP contribution >= 0.6 is 0 Å². The fraction of sp³-hybridized carbons (Fsp3) is 0.938. The maximum atomic E-state index is 12.4. The fourth-order valence-corrected chi connectivity index (χ4v) is 2.76. The monoisotopic (exact) mass is 251 g/mol. The van der Waals surface area contributed by atoms with Crippen LogP contribution < -0.4 is 5.32 Å². The van der Waals surface area contributed by atoms with Crippen LogP contribution in [0.25, 0.3) is 0 Å². The van der Waals surface area contributed by atoms with Crippen LogP contribution in [0.4, 0.5) is 0 Å². The number of hydrogen-bond donors (Lipinski definition) is 1. The van der Waals surface area contributed by atoms with Crippen molar-refractivity contribution in [2.75, 3.05) is 0 Å². The van der Waals surface area contributed by atoms with Crippen molar-refractivity contribution in [3.63, 3.8) is 0 Å². The Kier molecular flexibility index (Phi) is 4.03. The van der Waals surface area contributed by atoms with Gasteiger partial charge in [-0.1, -0.05) is 19.8 Å². The van der Waals surface area contributed by atoms with E-state index in [0.717, 1.165) is 30.6 Å². The minimum absolute atomic E-state index is 0.0932. The van der Waals surface area contributed by atoms with Crippen molar-refractivity contribution in [3.8, 4) is 0 Å². The third-order valence-corrected chi connectivity index (χ3v) is 4.35. The Bertz CT molecular complexity index is 301. The van der Waals surface area contributed by atoms with Crippen molar-refractivity contribution in [2.45, 2.75) is 71.8 Å². The highest BCUT2D eigenvalue weighted by atomic mass is 16.2. The second-order valence-corrected chi connectivity index (χ2v) is 7.67. The van der Waals surface area contributed by atoms with Crippen molar-refractivity contribution in [1.29, 1.82) is 0 Å². The lowest BCUT2D eigenvalue weighted by molar-refractivity contribution is -0.127. The molecule has 0 bridgehead atoms. The largest absolute Gasteiger partial charge is 0.351 e. The lowest BCUT2D eigenvalue weighted by Gasteiger charge is -2.25. The Balaban J connectivity index is 1.82. The molecular formula is C16H29NO. The van der Waals surface area contributed by atoms with Crippen LogP contribution in [-0.2, 0) is 4.79 Å². The summed E-state index contributed by atoms with van der Waals surface area (Å²) in [6.07, 6.45) is 7.62. The molecule has 1 amide bonds. The van der Waals surface area contributed by atoms with Gasteiger partial charge in [0.05, 0.1) is 0 Å². The van der Waals surface area contributed by atoms with E-state index in [4.69, 9.17) is 0 Å². The molecule has 0 aromatic rings. The first-order valence-electron chi connectivity index (χ1n) is 7.67. The van der Waals surface area contributed by atoms with Gasteiger partial charge < -0.3 is 5.32 Å². The minimum atomic E-state index is -0.0932. The number of nitrogens with one attached hydrogen (secondary N) is 1. The van der Waals surface area contributed by atoms with Crippen LogP contribution in [0.1, 0.15) is 66.2 Å². The average molecular weight is 251 g/mol. The first-order valence-corrected chi connectivity index (χ1v) is 7.67. The van der Waals surface area contributed by atoms with Gasteiger partial charge in [-0.15, -0.1) is 0 Å². The summed E-state index contributed by atoms with van der Waals surface area (Å²) in [5.74, 6) is 3.17. The predicted molar refractivity (Wildman–Crippen MR) is 75.2 cm³/mol. The summed E-state index contributed by atoms with van der Waals surface area (Å²) in [5.41, 5.74) is -0.0932. The van der Waals surface area contributed by atoms with Gasteiger partial charge in [-0.05, 0) is 64.2 Å². The third-order valence-electron chi connectivity index (χ3n) is 4.35. The van der Waals surface area contributed by atoms with Gasteiger partial charge in [-0.3, -0.25) is 4.79 Å². The smallest absolute Gasteiger partial charge is 0.223 e. The first kappa shape index (κ1) is 13.9. The van der Waals surface area contributed by atoms with Gasteiger partial charge >= 0.3 is 0 Å². The Morgan fingerprint density at radius 3 is 2.39 bits per heavy atom. The van der Waals surface area contributed by atoms with E-state index < -0.39 is 0 Å². The highest BCUT2D eigenvalue weighted by molar-refractivity contribution is 5.79. The Hall–Kier alpha value is -0.530. The minimum Gasteiger partial charge on any atom is -0.351 e. The molecule has 3 atom stereocenters. The van der Waals surface area contributed by atoms with Crippen LogP contribution in [0.5, 0.6) is 0 Å². The maximum Gasteiger partial charge on any atom is 0.223 e. The van der Waals surface area contributed by atoms with Gasteiger partial charge in [0, 0.05) is 11.5 Å². The zero-order valence-corrected chi connectivity index (χ0v) is 12.5. The maximum absolute atomic E-state index is 12.4. The van der Waals surface area contributed by atoms with E-state index in [2.05, 4.69) is 33.0 Å². The summed E-state index contributed by atoms with van der Waals surface area (Å²) in [4.78, 5) is 12.4. The molecule has 0 aromatic heterocycles. The molecule has 0 radical (unpaired) electrons. The van der Waals surface area contributed by atoms with E-state index in [-0.39, 0.29) is 11.5 Å². The van der Waals surface area contributed by atoms with E-state index in [1.807, 2.05) is 0 Å². The molecule has 3 unspecified atom stereocenters. The van der Waals surface area contributed by atoms with Crippen molar-refractivity contribution >= 4 is 5.91 Å². The molecule has 0 saturated heterocycles. The van der Waals surface area contributed by atoms with Crippen molar-refractivity contribution in [3.05, 3.63) is 0 Å². The summed E-state index contributed by atoms with van der Waals surface area (Å²) in [7, 11) is 0. The molecular weight excluding hydrogens is 222 g/mol. The lowest BCUT2D eigenvalue weighted by atomic mass is 9.92. The second-order valence-electron chi connectivity index (χ2n) is 7.67. The molecule has 0 aliphatic heterocycles. The molecule has 104 valence electrons. The summed E-state index contributed by atoms with van der Waals surface area (Å²) < 4.78 is 0. The Labute approximate surface area is 112 Å². The molecule has 2 aliphatic rings. The van der Waals surface area contributed by atoms with Crippen LogP contribution in [0.3, 0.4) is 0 Å². The normalized spacial score (nSPS) is 28.9. The predicted octanol–water partition coefficient (Wildman–Crippen LogP) is 3.75. The summed E-state index contributed by atoms with van der Waals surface area (Å²) in [6.45, 7) is 8.53. The van der Waals surface area contributed by atoms with Gasteiger partial charge in [-0.2, -0.15) is 0 Å². The lowest BCUT2D eigenvalue weighted by Crippen LogP contribution is -2.44. The number of hydrogen-bond acceptors (Lipinski definition) is 1. The second kappa shape index (κ2) is 5.22. The van der Waals surface area contributed by atoms with Crippen LogP contribution in [-0.4, -0.2) is 11.4 Å². The molecule has 2 heteroatoms. The van der Waals surface area contributed by atoms with Gasteiger partial charge in [0.25, 0.3) is 0 Å². The summed E-state index contributed by atoms with van der Waals surface area (Å²) >= 11 is 0. The van der Waals surface area contributed by atoms with E-state index >= 15 is 0 Å². The topological polar surface area (TPSA) is 29.1 Å². The average Bonchev–Trinajstić information content (AvgIpc) is 3.09. The molecule has 0 heterocycles.